The number of rotatable bonds is 0. The molecule has 0 fully saturated rings. The molecular formula is C9H11N3O. The number of aromatic amines is 1. The standard InChI is InChI=1S/C7H5N3O.C2H6/c11-7-5-3-1-2-4-6(5)8-10-9-7;1-2/h1-4H,(H,8,9,11);1-2H3. The number of hydrogen-bond donors (Lipinski definition) is 1. The Kier molecular flexibility index (Phi) is 3.14. The third-order valence-electron chi connectivity index (χ3n) is 1.46. The SMILES string of the molecule is CC.O=c1[nH]nnc2ccccc12. The highest BCUT2D eigenvalue weighted by Gasteiger charge is 1.95. The molecule has 0 radical (unpaired) electrons. The van der Waals surface area contributed by atoms with Crippen LogP contribution < -0.4 is 5.56 Å². The zero-order valence-corrected chi connectivity index (χ0v) is 7.61. The van der Waals surface area contributed by atoms with Gasteiger partial charge in [-0.05, 0) is 12.1 Å². The van der Waals surface area contributed by atoms with Gasteiger partial charge in [-0.15, -0.1) is 5.10 Å². The molecule has 0 atom stereocenters. The van der Waals surface area contributed by atoms with Gasteiger partial charge in [0, 0.05) is 0 Å². The van der Waals surface area contributed by atoms with Crippen LogP contribution in [0.1, 0.15) is 13.8 Å². The van der Waals surface area contributed by atoms with Gasteiger partial charge in [0.15, 0.2) is 0 Å². The van der Waals surface area contributed by atoms with Gasteiger partial charge in [0.05, 0.1) is 5.39 Å². The Labute approximate surface area is 75.6 Å². The highest BCUT2D eigenvalue weighted by atomic mass is 16.1. The first kappa shape index (κ1) is 9.38. The fourth-order valence-electron chi connectivity index (χ4n) is 0.937. The smallest absolute Gasteiger partial charge is 0.267 e. The van der Waals surface area contributed by atoms with Crippen molar-refractivity contribution in [2.45, 2.75) is 13.8 Å². The average Bonchev–Trinajstić information content (AvgIpc) is 2.22. The van der Waals surface area contributed by atoms with Crippen LogP contribution in [0.4, 0.5) is 0 Å². The first-order valence-electron chi connectivity index (χ1n) is 4.18. The molecule has 4 nitrogen and oxygen atoms in total. The topological polar surface area (TPSA) is 58.6 Å². The van der Waals surface area contributed by atoms with E-state index < -0.39 is 0 Å². The van der Waals surface area contributed by atoms with Gasteiger partial charge in [0.2, 0.25) is 0 Å². The van der Waals surface area contributed by atoms with Gasteiger partial charge in [0.25, 0.3) is 5.56 Å². The summed E-state index contributed by atoms with van der Waals surface area (Å²) in [5.74, 6) is 0. The van der Waals surface area contributed by atoms with Gasteiger partial charge in [-0.3, -0.25) is 4.79 Å². The van der Waals surface area contributed by atoms with Crippen LogP contribution in [0.15, 0.2) is 29.1 Å². The highest BCUT2D eigenvalue weighted by molar-refractivity contribution is 5.76. The molecule has 13 heavy (non-hydrogen) atoms. The summed E-state index contributed by atoms with van der Waals surface area (Å²) in [4.78, 5) is 11.0. The monoisotopic (exact) mass is 177 g/mol. The molecule has 1 aromatic carbocycles. The summed E-state index contributed by atoms with van der Waals surface area (Å²) >= 11 is 0. The van der Waals surface area contributed by atoms with Crippen LogP contribution in [-0.2, 0) is 0 Å². The predicted molar refractivity (Wildman–Crippen MR) is 51.5 cm³/mol. The lowest BCUT2D eigenvalue weighted by atomic mass is 10.2. The van der Waals surface area contributed by atoms with E-state index in [-0.39, 0.29) is 5.56 Å². The molecule has 0 amide bonds. The Morgan fingerprint density at radius 3 is 2.62 bits per heavy atom. The molecule has 0 bridgehead atoms. The third kappa shape index (κ3) is 1.90. The lowest BCUT2D eigenvalue weighted by molar-refractivity contribution is 0.872. The molecule has 0 unspecified atom stereocenters. The van der Waals surface area contributed by atoms with E-state index in [1.54, 1.807) is 18.2 Å². The van der Waals surface area contributed by atoms with Crippen molar-refractivity contribution in [3.05, 3.63) is 34.6 Å². The number of hydrogen-bond acceptors (Lipinski definition) is 3. The maximum absolute atomic E-state index is 11.0. The molecule has 2 aromatic rings. The minimum Gasteiger partial charge on any atom is -0.267 e. The number of aromatic nitrogens is 3. The van der Waals surface area contributed by atoms with E-state index in [2.05, 4.69) is 15.4 Å². The van der Waals surface area contributed by atoms with Gasteiger partial charge >= 0.3 is 0 Å². The number of H-pyrrole nitrogens is 1. The van der Waals surface area contributed by atoms with E-state index >= 15 is 0 Å². The van der Waals surface area contributed by atoms with E-state index in [1.807, 2.05) is 19.9 Å². The van der Waals surface area contributed by atoms with Gasteiger partial charge in [-0.1, -0.05) is 31.2 Å². The van der Waals surface area contributed by atoms with Crippen molar-refractivity contribution in [3.8, 4) is 0 Å². The molecule has 68 valence electrons. The minimum absolute atomic E-state index is 0.199. The molecule has 0 saturated carbocycles. The molecule has 0 aliphatic carbocycles. The Balaban J connectivity index is 0.000000396. The molecule has 0 aliphatic heterocycles. The molecule has 2 rings (SSSR count). The first-order chi connectivity index (χ1) is 6.38. The van der Waals surface area contributed by atoms with Crippen LogP contribution in [-0.4, -0.2) is 15.4 Å². The number of nitrogens with one attached hydrogen (secondary N) is 1. The van der Waals surface area contributed by atoms with Crippen LogP contribution in [0.2, 0.25) is 0 Å². The molecule has 4 heteroatoms. The van der Waals surface area contributed by atoms with Crippen molar-refractivity contribution >= 4 is 10.9 Å². The fourth-order valence-corrected chi connectivity index (χ4v) is 0.937. The Morgan fingerprint density at radius 2 is 1.92 bits per heavy atom. The van der Waals surface area contributed by atoms with Crippen LogP contribution in [0.5, 0.6) is 0 Å². The lowest BCUT2D eigenvalue weighted by Crippen LogP contribution is -2.09. The second-order valence-corrected chi connectivity index (χ2v) is 2.16. The number of benzene rings is 1. The van der Waals surface area contributed by atoms with E-state index in [0.717, 1.165) is 0 Å². The fraction of sp³-hybridized carbons (Fsp3) is 0.222. The Bertz CT molecular complexity index is 431. The van der Waals surface area contributed by atoms with E-state index in [0.29, 0.717) is 10.9 Å². The summed E-state index contributed by atoms with van der Waals surface area (Å²) < 4.78 is 0. The molecule has 0 saturated heterocycles. The molecule has 0 aliphatic rings. The van der Waals surface area contributed by atoms with Crippen molar-refractivity contribution in [1.29, 1.82) is 0 Å². The van der Waals surface area contributed by atoms with Crippen molar-refractivity contribution in [2.75, 3.05) is 0 Å². The van der Waals surface area contributed by atoms with E-state index in [1.165, 1.54) is 0 Å². The second kappa shape index (κ2) is 4.35. The maximum atomic E-state index is 11.0. The van der Waals surface area contributed by atoms with Crippen LogP contribution in [0, 0.1) is 0 Å². The van der Waals surface area contributed by atoms with Crippen LogP contribution in [0.3, 0.4) is 0 Å². The van der Waals surface area contributed by atoms with Crippen molar-refractivity contribution in [1.82, 2.24) is 15.4 Å². The van der Waals surface area contributed by atoms with Crippen LogP contribution in [0.25, 0.3) is 10.9 Å². The summed E-state index contributed by atoms with van der Waals surface area (Å²) in [5, 5.41) is 9.99. The highest BCUT2D eigenvalue weighted by Crippen LogP contribution is 2.01. The Morgan fingerprint density at radius 1 is 1.23 bits per heavy atom. The molecule has 1 aromatic heterocycles. The molecule has 0 spiro atoms. The minimum atomic E-state index is -0.199. The van der Waals surface area contributed by atoms with Crippen LogP contribution >= 0.6 is 0 Å². The lowest BCUT2D eigenvalue weighted by Gasteiger charge is -1.89. The van der Waals surface area contributed by atoms with Crippen molar-refractivity contribution in [2.24, 2.45) is 0 Å². The van der Waals surface area contributed by atoms with Gasteiger partial charge in [-0.25, -0.2) is 5.10 Å². The maximum Gasteiger partial charge on any atom is 0.275 e. The summed E-state index contributed by atoms with van der Waals surface area (Å²) in [6.07, 6.45) is 0. The van der Waals surface area contributed by atoms with Gasteiger partial charge in [0.1, 0.15) is 5.52 Å². The predicted octanol–water partition coefficient (Wildman–Crippen LogP) is 1.34. The first-order valence-corrected chi connectivity index (χ1v) is 4.18. The van der Waals surface area contributed by atoms with E-state index in [9.17, 15) is 4.79 Å². The van der Waals surface area contributed by atoms with Crippen molar-refractivity contribution < 1.29 is 0 Å². The number of nitrogens with zero attached hydrogens (tertiary/aromatic N) is 2. The number of fused-ring (bicyclic) bond motifs is 1. The summed E-state index contributed by atoms with van der Waals surface area (Å²) in [5.41, 5.74) is 0.423. The largest absolute Gasteiger partial charge is 0.275 e. The van der Waals surface area contributed by atoms with Gasteiger partial charge < -0.3 is 0 Å². The normalized spacial score (nSPS) is 9.08. The Hall–Kier alpha value is -1.71. The molecular weight excluding hydrogens is 166 g/mol. The van der Waals surface area contributed by atoms with Gasteiger partial charge in [-0.2, -0.15) is 0 Å². The van der Waals surface area contributed by atoms with E-state index in [4.69, 9.17) is 0 Å². The summed E-state index contributed by atoms with van der Waals surface area (Å²) in [7, 11) is 0. The zero-order valence-electron chi connectivity index (χ0n) is 7.61. The quantitative estimate of drug-likeness (QED) is 0.660. The zero-order chi connectivity index (χ0) is 9.68. The average molecular weight is 177 g/mol. The van der Waals surface area contributed by atoms with Crippen molar-refractivity contribution in [3.63, 3.8) is 0 Å². The summed E-state index contributed by atoms with van der Waals surface area (Å²) in [6, 6.07) is 7.07. The second-order valence-electron chi connectivity index (χ2n) is 2.16. The third-order valence-corrected chi connectivity index (χ3v) is 1.46. The molecule has 1 N–H and O–H groups in total. The summed E-state index contributed by atoms with van der Waals surface area (Å²) in [6.45, 7) is 4.00. The molecule has 1 heterocycles.